The Morgan fingerprint density at radius 1 is 1.59 bits per heavy atom. The van der Waals surface area contributed by atoms with Crippen LogP contribution >= 0.6 is 23.4 Å². The fourth-order valence-corrected chi connectivity index (χ4v) is 2.80. The van der Waals surface area contributed by atoms with Gasteiger partial charge in [0.25, 0.3) is 0 Å². The minimum Gasteiger partial charge on any atom is -0.480 e. The van der Waals surface area contributed by atoms with Gasteiger partial charge in [0, 0.05) is 16.5 Å². The number of rotatable bonds is 6. The number of hydrogen-bond donors (Lipinski definition) is 2. The number of carbonyl (C=O) groups is 1. The first-order valence-corrected chi connectivity index (χ1v) is 6.85. The van der Waals surface area contributed by atoms with E-state index in [9.17, 15) is 4.79 Å². The van der Waals surface area contributed by atoms with Crippen molar-refractivity contribution in [1.29, 1.82) is 0 Å². The highest BCUT2D eigenvalue weighted by atomic mass is 35.5. The summed E-state index contributed by atoms with van der Waals surface area (Å²) >= 11 is 7.20. The first-order chi connectivity index (χ1) is 8.04. The maximum absolute atomic E-state index is 11.0. The van der Waals surface area contributed by atoms with Gasteiger partial charge < -0.3 is 10.8 Å². The SMILES string of the molecule is CCCC(SCc1ccc(Cl)cc1N)C(=O)O. The number of nitrogens with two attached hydrogens (primary N) is 1. The van der Waals surface area contributed by atoms with Crippen LogP contribution in [0.5, 0.6) is 0 Å². The van der Waals surface area contributed by atoms with Crippen LogP contribution in [-0.4, -0.2) is 16.3 Å². The topological polar surface area (TPSA) is 63.3 Å². The summed E-state index contributed by atoms with van der Waals surface area (Å²) in [5.74, 6) is -0.163. The van der Waals surface area contributed by atoms with Crippen molar-refractivity contribution in [3.63, 3.8) is 0 Å². The normalized spacial score (nSPS) is 12.4. The molecule has 1 aromatic carbocycles. The van der Waals surface area contributed by atoms with Crippen molar-refractivity contribution in [2.75, 3.05) is 5.73 Å². The zero-order valence-corrected chi connectivity index (χ0v) is 11.2. The summed E-state index contributed by atoms with van der Waals surface area (Å²) in [6.45, 7) is 1.98. The van der Waals surface area contributed by atoms with Gasteiger partial charge in [0.2, 0.25) is 0 Å². The Kier molecular flexibility index (Phi) is 5.65. The molecular weight excluding hydrogens is 258 g/mol. The number of benzene rings is 1. The van der Waals surface area contributed by atoms with Gasteiger partial charge in [-0.1, -0.05) is 31.0 Å². The van der Waals surface area contributed by atoms with Crippen LogP contribution in [0.4, 0.5) is 5.69 Å². The van der Waals surface area contributed by atoms with E-state index in [1.54, 1.807) is 12.1 Å². The molecule has 0 aliphatic rings. The van der Waals surface area contributed by atoms with E-state index in [0.717, 1.165) is 12.0 Å². The molecule has 5 heteroatoms. The molecule has 0 saturated heterocycles. The Labute approximate surface area is 110 Å². The van der Waals surface area contributed by atoms with Crippen LogP contribution in [-0.2, 0) is 10.5 Å². The van der Waals surface area contributed by atoms with Crippen LogP contribution < -0.4 is 5.73 Å². The molecule has 0 bridgehead atoms. The fraction of sp³-hybridized carbons (Fsp3) is 0.417. The minimum absolute atomic E-state index is 0.366. The van der Waals surface area contributed by atoms with E-state index in [-0.39, 0.29) is 5.25 Å². The minimum atomic E-state index is -0.760. The van der Waals surface area contributed by atoms with E-state index in [1.807, 2.05) is 13.0 Å². The zero-order valence-electron chi connectivity index (χ0n) is 9.65. The number of nitrogen functional groups attached to an aromatic ring is 1. The Hall–Kier alpha value is -0.870. The van der Waals surface area contributed by atoms with Gasteiger partial charge in [0.05, 0.1) is 0 Å². The summed E-state index contributed by atoms with van der Waals surface area (Å²) in [6, 6.07) is 5.30. The summed E-state index contributed by atoms with van der Waals surface area (Å²) in [6.07, 6.45) is 1.54. The Morgan fingerprint density at radius 2 is 2.29 bits per heavy atom. The summed E-state index contributed by atoms with van der Waals surface area (Å²) in [7, 11) is 0. The second-order valence-electron chi connectivity index (χ2n) is 3.77. The zero-order chi connectivity index (χ0) is 12.8. The maximum Gasteiger partial charge on any atom is 0.316 e. The molecule has 0 saturated carbocycles. The Balaban J connectivity index is 2.62. The van der Waals surface area contributed by atoms with Gasteiger partial charge in [-0.15, -0.1) is 11.8 Å². The molecule has 94 valence electrons. The Morgan fingerprint density at radius 3 is 2.82 bits per heavy atom. The van der Waals surface area contributed by atoms with Gasteiger partial charge >= 0.3 is 5.97 Å². The van der Waals surface area contributed by atoms with E-state index in [4.69, 9.17) is 22.4 Å². The number of carboxylic acid groups (broad SMARTS) is 1. The predicted octanol–water partition coefficient (Wildman–Crippen LogP) is 3.41. The van der Waals surface area contributed by atoms with Crippen LogP contribution in [0, 0.1) is 0 Å². The van der Waals surface area contributed by atoms with E-state index in [2.05, 4.69) is 0 Å². The molecule has 17 heavy (non-hydrogen) atoms. The highest BCUT2D eigenvalue weighted by Gasteiger charge is 2.17. The molecule has 3 nitrogen and oxygen atoms in total. The molecule has 0 aromatic heterocycles. The van der Waals surface area contributed by atoms with Gasteiger partial charge in [-0.25, -0.2) is 0 Å². The van der Waals surface area contributed by atoms with Gasteiger partial charge in [-0.3, -0.25) is 4.79 Å². The Bertz CT molecular complexity index is 398. The van der Waals surface area contributed by atoms with Crippen LogP contribution in [0.2, 0.25) is 5.02 Å². The number of aliphatic carboxylic acids is 1. The number of anilines is 1. The second kappa shape index (κ2) is 6.77. The molecule has 1 rings (SSSR count). The van der Waals surface area contributed by atoms with E-state index < -0.39 is 5.97 Å². The summed E-state index contributed by atoms with van der Waals surface area (Å²) in [5, 5.41) is 9.25. The van der Waals surface area contributed by atoms with Crippen molar-refractivity contribution in [2.45, 2.75) is 30.8 Å². The third kappa shape index (κ3) is 4.48. The third-order valence-corrected chi connectivity index (χ3v) is 3.93. The third-order valence-electron chi connectivity index (χ3n) is 2.37. The molecule has 1 atom stereocenters. The van der Waals surface area contributed by atoms with Crippen LogP contribution in [0.15, 0.2) is 18.2 Å². The van der Waals surface area contributed by atoms with Crippen LogP contribution in [0.1, 0.15) is 25.3 Å². The first kappa shape index (κ1) is 14.2. The summed E-state index contributed by atoms with van der Waals surface area (Å²) in [5.41, 5.74) is 7.36. The lowest BCUT2D eigenvalue weighted by atomic mass is 10.2. The molecule has 1 aromatic rings. The molecule has 0 amide bonds. The van der Waals surface area contributed by atoms with Gasteiger partial charge in [0.15, 0.2) is 0 Å². The molecular formula is C12H16ClNO2S. The quantitative estimate of drug-likeness (QED) is 0.780. The molecule has 0 heterocycles. The molecule has 0 aliphatic heterocycles. The average Bonchev–Trinajstić information content (AvgIpc) is 2.25. The summed E-state index contributed by atoms with van der Waals surface area (Å²) in [4.78, 5) is 11.0. The van der Waals surface area contributed by atoms with Crippen molar-refractivity contribution in [3.05, 3.63) is 28.8 Å². The van der Waals surface area contributed by atoms with Crippen LogP contribution in [0.3, 0.4) is 0 Å². The van der Waals surface area contributed by atoms with E-state index >= 15 is 0 Å². The van der Waals surface area contributed by atoms with Crippen molar-refractivity contribution >= 4 is 35.0 Å². The lowest BCUT2D eigenvalue weighted by Crippen LogP contribution is -2.16. The lowest BCUT2D eigenvalue weighted by molar-refractivity contribution is -0.136. The largest absolute Gasteiger partial charge is 0.480 e. The van der Waals surface area contributed by atoms with Crippen molar-refractivity contribution in [3.8, 4) is 0 Å². The average molecular weight is 274 g/mol. The monoisotopic (exact) mass is 273 g/mol. The molecule has 0 aliphatic carbocycles. The first-order valence-electron chi connectivity index (χ1n) is 5.43. The number of hydrogen-bond acceptors (Lipinski definition) is 3. The molecule has 1 unspecified atom stereocenters. The standard InChI is InChI=1S/C12H16ClNO2S/c1-2-3-11(12(15)16)17-7-8-4-5-9(13)6-10(8)14/h4-6,11H,2-3,7,14H2,1H3,(H,15,16). The summed E-state index contributed by atoms with van der Waals surface area (Å²) < 4.78 is 0. The van der Waals surface area contributed by atoms with Crippen molar-refractivity contribution in [1.82, 2.24) is 0 Å². The maximum atomic E-state index is 11.0. The lowest BCUT2D eigenvalue weighted by Gasteiger charge is -2.12. The fourth-order valence-electron chi connectivity index (χ4n) is 1.43. The van der Waals surface area contributed by atoms with Gasteiger partial charge in [0.1, 0.15) is 5.25 Å². The predicted molar refractivity (Wildman–Crippen MR) is 73.5 cm³/mol. The second-order valence-corrected chi connectivity index (χ2v) is 5.40. The highest BCUT2D eigenvalue weighted by Crippen LogP contribution is 2.26. The highest BCUT2D eigenvalue weighted by molar-refractivity contribution is 7.99. The molecule has 0 spiro atoms. The molecule has 3 N–H and O–H groups in total. The molecule has 0 fully saturated rings. The van der Waals surface area contributed by atoms with Gasteiger partial charge in [-0.2, -0.15) is 0 Å². The number of halogens is 1. The van der Waals surface area contributed by atoms with Gasteiger partial charge in [-0.05, 0) is 24.1 Å². The number of thioether (sulfide) groups is 1. The van der Waals surface area contributed by atoms with Crippen LogP contribution in [0.25, 0.3) is 0 Å². The number of carboxylic acids is 1. The molecule has 0 radical (unpaired) electrons. The smallest absolute Gasteiger partial charge is 0.316 e. The van der Waals surface area contributed by atoms with E-state index in [0.29, 0.717) is 22.9 Å². The van der Waals surface area contributed by atoms with Crippen molar-refractivity contribution < 1.29 is 9.90 Å². The van der Waals surface area contributed by atoms with Crippen molar-refractivity contribution in [2.24, 2.45) is 0 Å². The van der Waals surface area contributed by atoms with E-state index in [1.165, 1.54) is 11.8 Å².